The van der Waals surface area contributed by atoms with Crippen LogP contribution in [0.3, 0.4) is 0 Å². The summed E-state index contributed by atoms with van der Waals surface area (Å²) in [4.78, 5) is 20.6. The van der Waals surface area contributed by atoms with Crippen molar-refractivity contribution in [3.8, 4) is 0 Å². The number of aromatic amines is 2. The molecule has 15 heavy (non-hydrogen) atoms. The van der Waals surface area contributed by atoms with Gasteiger partial charge in [0.1, 0.15) is 5.52 Å². The highest BCUT2D eigenvalue weighted by Gasteiger charge is 2.07. The number of nitrogen functional groups attached to an aromatic ring is 1. The Balaban J connectivity index is 2.64. The molecule has 0 atom stereocenters. The van der Waals surface area contributed by atoms with Gasteiger partial charge >= 0.3 is 5.69 Å². The van der Waals surface area contributed by atoms with E-state index in [9.17, 15) is 4.79 Å². The molecular formula is C10H8N4O. The van der Waals surface area contributed by atoms with Gasteiger partial charge in [-0.2, -0.15) is 0 Å². The quantitative estimate of drug-likeness (QED) is 0.505. The van der Waals surface area contributed by atoms with E-state index in [1.165, 1.54) is 0 Å². The zero-order valence-electron chi connectivity index (χ0n) is 7.74. The monoisotopic (exact) mass is 200 g/mol. The Morgan fingerprint density at radius 1 is 1.20 bits per heavy atom. The molecule has 3 aromatic rings. The molecule has 74 valence electrons. The van der Waals surface area contributed by atoms with Crippen LogP contribution in [0, 0.1) is 0 Å². The third-order valence-corrected chi connectivity index (χ3v) is 2.40. The highest BCUT2D eigenvalue weighted by atomic mass is 16.1. The van der Waals surface area contributed by atoms with Crippen LogP contribution in [0.2, 0.25) is 0 Å². The molecule has 0 unspecified atom stereocenters. The fourth-order valence-electron chi connectivity index (χ4n) is 1.71. The minimum absolute atomic E-state index is 0.292. The third kappa shape index (κ3) is 1.03. The summed E-state index contributed by atoms with van der Waals surface area (Å²) in [5, 5.41) is 0.847. The van der Waals surface area contributed by atoms with Crippen molar-refractivity contribution < 1.29 is 0 Å². The van der Waals surface area contributed by atoms with E-state index in [0.717, 1.165) is 10.9 Å². The number of anilines is 1. The molecule has 0 saturated carbocycles. The Hall–Kier alpha value is -2.30. The lowest BCUT2D eigenvalue weighted by Gasteiger charge is -2.01. The molecule has 0 saturated heterocycles. The van der Waals surface area contributed by atoms with Crippen molar-refractivity contribution in [3.05, 3.63) is 34.7 Å². The van der Waals surface area contributed by atoms with E-state index >= 15 is 0 Å². The average Bonchev–Trinajstić information content (AvgIpc) is 2.59. The largest absolute Gasteiger partial charge is 0.396 e. The molecular weight excluding hydrogens is 192 g/mol. The van der Waals surface area contributed by atoms with Crippen molar-refractivity contribution in [2.75, 3.05) is 5.73 Å². The lowest BCUT2D eigenvalue weighted by molar-refractivity contribution is 1.20. The number of para-hydroxylation sites is 1. The van der Waals surface area contributed by atoms with Gasteiger partial charge in [0.15, 0.2) is 5.65 Å². The topological polar surface area (TPSA) is 87.6 Å². The molecule has 1 aromatic carbocycles. The maximum absolute atomic E-state index is 11.1. The third-order valence-electron chi connectivity index (χ3n) is 2.40. The number of benzene rings is 1. The smallest absolute Gasteiger partial charge is 0.325 e. The second-order valence-corrected chi connectivity index (χ2v) is 3.35. The first-order valence-corrected chi connectivity index (χ1v) is 4.52. The summed E-state index contributed by atoms with van der Waals surface area (Å²) in [6.07, 6.45) is 0. The van der Waals surface area contributed by atoms with E-state index in [4.69, 9.17) is 5.73 Å². The van der Waals surface area contributed by atoms with Gasteiger partial charge in [-0.3, -0.25) is 4.98 Å². The molecule has 0 radical (unpaired) electrons. The van der Waals surface area contributed by atoms with Crippen LogP contribution in [0.15, 0.2) is 29.1 Å². The van der Waals surface area contributed by atoms with E-state index in [2.05, 4.69) is 15.0 Å². The molecule has 0 aliphatic rings. The van der Waals surface area contributed by atoms with Gasteiger partial charge in [-0.25, -0.2) is 9.78 Å². The van der Waals surface area contributed by atoms with Crippen molar-refractivity contribution in [2.45, 2.75) is 0 Å². The molecule has 0 aliphatic heterocycles. The SMILES string of the molecule is Nc1c2ccccc2nc2[nH]c(=O)[nH]c12. The fourth-order valence-corrected chi connectivity index (χ4v) is 1.71. The van der Waals surface area contributed by atoms with Gasteiger partial charge in [0.2, 0.25) is 0 Å². The number of aromatic nitrogens is 3. The molecule has 0 fully saturated rings. The molecule has 2 heterocycles. The predicted octanol–water partition coefficient (Wildman–Crippen LogP) is 0.987. The Morgan fingerprint density at radius 2 is 2.00 bits per heavy atom. The summed E-state index contributed by atoms with van der Waals surface area (Å²) in [7, 11) is 0. The van der Waals surface area contributed by atoms with Gasteiger partial charge in [0.05, 0.1) is 11.2 Å². The second kappa shape index (κ2) is 2.60. The molecule has 5 nitrogen and oxygen atoms in total. The maximum Gasteiger partial charge on any atom is 0.325 e. The van der Waals surface area contributed by atoms with Crippen LogP contribution >= 0.6 is 0 Å². The number of pyridine rings is 1. The number of fused-ring (bicyclic) bond motifs is 2. The Kier molecular flexibility index (Phi) is 1.39. The number of nitrogens with one attached hydrogen (secondary N) is 2. The first-order valence-electron chi connectivity index (χ1n) is 4.52. The highest BCUT2D eigenvalue weighted by Crippen LogP contribution is 2.24. The van der Waals surface area contributed by atoms with Gasteiger partial charge < -0.3 is 10.7 Å². The number of hydrogen-bond acceptors (Lipinski definition) is 3. The minimum atomic E-state index is -0.292. The number of nitrogens with zero attached hydrogens (tertiary/aromatic N) is 1. The van der Waals surface area contributed by atoms with E-state index in [0.29, 0.717) is 16.9 Å². The second-order valence-electron chi connectivity index (χ2n) is 3.35. The van der Waals surface area contributed by atoms with Crippen LogP contribution in [-0.4, -0.2) is 15.0 Å². The lowest BCUT2D eigenvalue weighted by atomic mass is 10.2. The zero-order chi connectivity index (χ0) is 10.4. The van der Waals surface area contributed by atoms with Gasteiger partial charge in [-0.15, -0.1) is 0 Å². The summed E-state index contributed by atoms with van der Waals surface area (Å²) in [6, 6.07) is 7.50. The molecule has 0 bridgehead atoms. The summed E-state index contributed by atoms with van der Waals surface area (Å²) in [5.41, 5.74) is 8.04. The van der Waals surface area contributed by atoms with Crippen molar-refractivity contribution in [2.24, 2.45) is 0 Å². The van der Waals surface area contributed by atoms with E-state index in [-0.39, 0.29) is 5.69 Å². The Labute approximate surface area is 83.9 Å². The van der Waals surface area contributed by atoms with Crippen molar-refractivity contribution in [1.29, 1.82) is 0 Å². The van der Waals surface area contributed by atoms with Gasteiger partial charge in [0, 0.05) is 5.39 Å². The standard InChI is InChI=1S/C10H8N4O/c11-7-5-3-1-2-4-6(5)12-9-8(7)13-10(15)14-9/h1-4H,(H4,11,12,13,14,15). The lowest BCUT2D eigenvalue weighted by Crippen LogP contribution is -1.99. The van der Waals surface area contributed by atoms with Gasteiger partial charge in [-0.05, 0) is 6.07 Å². The number of imidazole rings is 1. The molecule has 0 amide bonds. The molecule has 0 spiro atoms. The van der Waals surface area contributed by atoms with Crippen LogP contribution in [0.25, 0.3) is 22.1 Å². The molecule has 4 N–H and O–H groups in total. The van der Waals surface area contributed by atoms with Crippen LogP contribution in [0.4, 0.5) is 5.69 Å². The van der Waals surface area contributed by atoms with Crippen LogP contribution in [-0.2, 0) is 0 Å². The van der Waals surface area contributed by atoms with Crippen LogP contribution in [0.5, 0.6) is 0 Å². The Morgan fingerprint density at radius 3 is 2.87 bits per heavy atom. The van der Waals surface area contributed by atoms with Gasteiger partial charge in [-0.1, -0.05) is 18.2 Å². The van der Waals surface area contributed by atoms with Crippen LogP contribution < -0.4 is 11.4 Å². The fraction of sp³-hybridized carbons (Fsp3) is 0. The number of nitrogens with two attached hydrogens (primary N) is 1. The number of hydrogen-bond donors (Lipinski definition) is 3. The first-order chi connectivity index (χ1) is 7.25. The van der Waals surface area contributed by atoms with E-state index in [1.54, 1.807) is 0 Å². The van der Waals surface area contributed by atoms with E-state index < -0.39 is 0 Å². The first kappa shape index (κ1) is 8.05. The molecule has 2 aromatic heterocycles. The summed E-state index contributed by atoms with van der Waals surface area (Å²) >= 11 is 0. The minimum Gasteiger partial charge on any atom is -0.396 e. The van der Waals surface area contributed by atoms with Gasteiger partial charge in [0.25, 0.3) is 0 Å². The summed E-state index contributed by atoms with van der Waals surface area (Å²) < 4.78 is 0. The summed E-state index contributed by atoms with van der Waals surface area (Å²) in [6.45, 7) is 0. The van der Waals surface area contributed by atoms with Crippen molar-refractivity contribution >= 4 is 27.8 Å². The normalized spacial score (nSPS) is 11.2. The van der Waals surface area contributed by atoms with Crippen LogP contribution in [0.1, 0.15) is 0 Å². The predicted molar refractivity (Wildman–Crippen MR) is 58.6 cm³/mol. The zero-order valence-corrected chi connectivity index (χ0v) is 7.74. The Bertz CT molecular complexity index is 710. The van der Waals surface area contributed by atoms with E-state index in [1.807, 2.05) is 24.3 Å². The maximum atomic E-state index is 11.1. The summed E-state index contributed by atoms with van der Waals surface area (Å²) in [5.74, 6) is 0. The van der Waals surface area contributed by atoms with Crippen molar-refractivity contribution in [1.82, 2.24) is 15.0 Å². The molecule has 0 aliphatic carbocycles. The number of rotatable bonds is 0. The van der Waals surface area contributed by atoms with Crippen molar-refractivity contribution in [3.63, 3.8) is 0 Å². The number of H-pyrrole nitrogens is 2. The highest BCUT2D eigenvalue weighted by molar-refractivity contribution is 6.03. The molecule has 5 heteroatoms. The molecule has 3 rings (SSSR count). The average molecular weight is 200 g/mol.